The maximum absolute atomic E-state index is 5.43. The number of ether oxygens (including phenoxy) is 2. The van der Waals surface area contributed by atoms with Gasteiger partial charge in [0.25, 0.3) is 0 Å². The van der Waals surface area contributed by atoms with E-state index >= 15 is 0 Å². The number of hydrogen-bond donors (Lipinski definition) is 1. The average molecular weight is 330 g/mol. The predicted molar refractivity (Wildman–Crippen MR) is 100 cm³/mol. The van der Waals surface area contributed by atoms with Crippen molar-refractivity contribution in [1.29, 1.82) is 0 Å². The van der Waals surface area contributed by atoms with E-state index in [-0.39, 0.29) is 0 Å². The van der Waals surface area contributed by atoms with Gasteiger partial charge in [0, 0.05) is 40.7 Å². The summed E-state index contributed by atoms with van der Waals surface area (Å²) in [5, 5.41) is 1.11. The largest absolute Gasteiger partial charge is 0.497 e. The molecule has 0 aliphatic heterocycles. The molecular weight excluding hydrogens is 312 g/mol. The van der Waals surface area contributed by atoms with Crippen LogP contribution in [0, 0.1) is 0 Å². The summed E-state index contributed by atoms with van der Waals surface area (Å²) in [5.74, 6) is 1.67. The highest BCUT2D eigenvalue weighted by Gasteiger charge is 2.11. The van der Waals surface area contributed by atoms with Crippen molar-refractivity contribution in [2.75, 3.05) is 14.2 Å². The van der Waals surface area contributed by atoms with Crippen molar-refractivity contribution < 1.29 is 9.47 Å². The van der Waals surface area contributed by atoms with E-state index in [1.807, 2.05) is 48.9 Å². The summed E-state index contributed by atoms with van der Waals surface area (Å²) in [6, 6.07) is 16.2. The summed E-state index contributed by atoms with van der Waals surface area (Å²) >= 11 is 0. The van der Waals surface area contributed by atoms with Gasteiger partial charge < -0.3 is 14.5 Å². The summed E-state index contributed by atoms with van der Waals surface area (Å²) in [5.41, 5.74) is 5.28. The molecule has 0 saturated heterocycles. The molecule has 25 heavy (non-hydrogen) atoms. The number of pyridine rings is 1. The molecule has 2 aromatic heterocycles. The van der Waals surface area contributed by atoms with Crippen molar-refractivity contribution in [2.24, 2.45) is 0 Å². The number of hydrogen-bond acceptors (Lipinski definition) is 3. The minimum absolute atomic E-state index is 0.833. The molecule has 124 valence electrons. The molecule has 2 heterocycles. The number of benzene rings is 2. The standard InChI is InChI=1S/C21H18N2O2/c1-24-17-6-3-5-14(10-17)15-9-16(12-22-11-15)19-13-23-21-18(19)7-4-8-20(21)25-2/h3-13,23H,1-2H3. The molecule has 0 unspecified atom stereocenters. The van der Waals surface area contributed by atoms with E-state index in [9.17, 15) is 0 Å². The Kier molecular flexibility index (Phi) is 3.86. The fourth-order valence-electron chi connectivity index (χ4n) is 3.08. The molecule has 4 aromatic rings. The van der Waals surface area contributed by atoms with Gasteiger partial charge in [-0.25, -0.2) is 0 Å². The van der Waals surface area contributed by atoms with Crippen LogP contribution in [0.1, 0.15) is 0 Å². The number of rotatable bonds is 4. The Morgan fingerprint density at radius 2 is 1.68 bits per heavy atom. The molecule has 0 aliphatic carbocycles. The van der Waals surface area contributed by atoms with Crippen LogP contribution in [0.5, 0.6) is 11.5 Å². The Morgan fingerprint density at radius 1 is 0.840 bits per heavy atom. The average Bonchev–Trinajstić information content (AvgIpc) is 3.12. The van der Waals surface area contributed by atoms with Crippen LogP contribution in [0.15, 0.2) is 67.1 Å². The lowest BCUT2D eigenvalue weighted by atomic mass is 10.0. The van der Waals surface area contributed by atoms with E-state index < -0.39 is 0 Å². The van der Waals surface area contributed by atoms with Gasteiger partial charge in [-0.05, 0) is 29.8 Å². The third-order valence-electron chi connectivity index (χ3n) is 4.35. The topological polar surface area (TPSA) is 47.1 Å². The van der Waals surface area contributed by atoms with Gasteiger partial charge in [0.1, 0.15) is 11.5 Å². The fourth-order valence-corrected chi connectivity index (χ4v) is 3.08. The first-order valence-corrected chi connectivity index (χ1v) is 8.04. The highest BCUT2D eigenvalue weighted by molar-refractivity contribution is 5.98. The molecule has 0 fully saturated rings. The summed E-state index contributed by atoms with van der Waals surface area (Å²) in [6.07, 6.45) is 5.75. The summed E-state index contributed by atoms with van der Waals surface area (Å²) in [7, 11) is 3.35. The number of H-pyrrole nitrogens is 1. The second-order valence-electron chi connectivity index (χ2n) is 5.78. The number of methoxy groups -OCH3 is 2. The van der Waals surface area contributed by atoms with Crippen LogP contribution in [0.25, 0.3) is 33.2 Å². The molecule has 0 spiro atoms. The normalized spacial score (nSPS) is 10.8. The Labute approximate surface area is 146 Å². The molecule has 2 aromatic carbocycles. The van der Waals surface area contributed by atoms with Gasteiger partial charge in [-0.1, -0.05) is 24.3 Å². The second-order valence-corrected chi connectivity index (χ2v) is 5.78. The monoisotopic (exact) mass is 330 g/mol. The van der Waals surface area contributed by atoms with Crippen molar-refractivity contribution in [3.05, 3.63) is 67.1 Å². The maximum Gasteiger partial charge on any atom is 0.142 e. The van der Waals surface area contributed by atoms with Crippen LogP contribution in [0.2, 0.25) is 0 Å². The Hall–Kier alpha value is -3.27. The minimum Gasteiger partial charge on any atom is -0.497 e. The van der Waals surface area contributed by atoms with Gasteiger partial charge in [-0.3, -0.25) is 4.98 Å². The van der Waals surface area contributed by atoms with Gasteiger partial charge in [0.2, 0.25) is 0 Å². The number of aromatic amines is 1. The zero-order valence-electron chi connectivity index (χ0n) is 14.1. The van der Waals surface area contributed by atoms with Gasteiger partial charge in [0.15, 0.2) is 0 Å². The third kappa shape index (κ3) is 2.72. The molecule has 4 nitrogen and oxygen atoms in total. The SMILES string of the molecule is COc1cccc(-c2cncc(-c3c[nH]c4c(OC)cccc34)c2)c1. The lowest BCUT2D eigenvalue weighted by molar-refractivity contribution is 0.415. The highest BCUT2D eigenvalue weighted by Crippen LogP contribution is 2.34. The van der Waals surface area contributed by atoms with E-state index in [1.165, 1.54) is 0 Å². The maximum atomic E-state index is 5.43. The molecular formula is C21H18N2O2. The smallest absolute Gasteiger partial charge is 0.142 e. The Bertz CT molecular complexity index is 1040. The van der Waals surface area contributed by atoms with Crippen molar-refractivity contribution in [2.45, 2.75) is 0 Å². The zero-order chi connectivity index (χ0) is 17.2. The van der Waals surface area contributed by atoms with E-state index in [0.717, 1.165) is 44.7 Å². The molecule has 4 heteroatoms. The first-order chi connectivity index (χ1) is 12.3. The molecule has 0 bridgehead atoms. The second kappa shape index (κ2) is 6.32. The number of fused-ring (bicyclic) bond motifs is 1. The van der Waals surface area contributed by atoms with Crippen molar-refractivity contribution in [1.82, 2.24) is 9.97 Å². The van der Waals surface area contributed by atoms with E-state index in [1.54, 1.807) is 14.2 Å². The number of nitrogens with one attached hydrogen (secondary N) is 1. The zero-order valence-corrected chi connectivity index (χ0v) is 14.1. The summed E-state index contributed by atoms with van der Waals surface area (Å²) in [4.78, 5) is 7.75. The first-order valence-electron chi connectivity index (χ1n) is 8.04. The molecule has 0 aliphatic rings. The quantitative estimate of drug-likeness (QED) is 0.578. The number of aromatic nitrogens is 2. The van der Waals surface area contributed by atoms with Crippen LogP contribution in [0.3, 0.4) is 0 Å². The number of para-hydroxylation sites is 1. The fraction of sp³-hybridized carbons (Fsp3) is 0.0952. The van der Waals surface area contributed by atoms with Crippen LogP contribution < -0.4 is 9.47 Å². The van der Waals surface area contributed by atoms with Crippen LogP contribution in [-0.2, 0) is 0 Å². The Balaban J connectivity index is 1.82. The first kappa shape index (κ1) is 15.3. The summed E-state index contributed by atoms with van der Waals surface area (Å²) in [6.45, 7) is 0. The van der Waals surface area contributed by atoms with Gasteiger partial charge in [-0.2, -0.15) is 0 Å². The predicted octanol–water partition coefficient (Wildman–Crippen LogP) is 4.91. The third-order valence-corrected chi connectivity index (χ3v) is 4.35. The molecule has 1 N–H and O–H groups in total. The lowest BCUT2D eigenvalue weighted by Crippen LogP contribution is -1.86. The van der Waals surface area contributed by atoms with E-state index in [0.29, 0.717) is 0 Å². The van der Waals surface area contributed by atoms with Crippen LogP contribution in [-0.4, -0.2) is 24.2 Å². The molecule has 0 amide bonds. The van der Waals surface area contributed by atoms with E-state index in [2.05, 4.69) is 28.2 Å². The molecule has 0 saturated carbocycles. The molecule has 4 rings (SSSR count). The van der Waals surface area contributed by atoms with Crippen molar-refractivity contribution in [3.8, 4) is 33.8 Å². The van der Waals surface area contributed by atoms with Gasteiger partial charge >= 0.3 is 0 Å². The van der Waals surface area contributed by atoms with Crippen molar-refractivity contribution in [3.63, 3.8) is 0 Å². The molecule has 0 radical (unpaired) electrons. The van der Waals surface area contributed by atoms with Gasteiger partial charge in [-0.15, -0.1) is 0 Å². The molecule has 0 atom stereocenters. The lowest BCUT2D eigenvalue weighted by Gasteiger charge is -2.07. The van der Waals surface area contributed by atoms with Gasteiger partial charge in [0.05, 0.1) is 19.7 Å². The van der Waals surface area contributed by atoms with Crippen molar-refractivity contribution >= 4 is 10.9 Å². The van der Waals surface area contributed by atoms with Crippen LogP contribution in [0.4, 0.5) is 0 Å². The van der Waals surface area contributed by atoms with Crippen LogP contribution >= 0.6 is 0 Å². The summed E-state index contributed by atoms with van der Waals surface area (Å²) < 4.78 is 10.8. The minimum atomic E-state index is 0.833. The number of nitrogens with zero attached hydrogens (tertiary/aromatic N) is 1. The highest BCUT2D eigenvalue weighted by atomic mass is 16.5. The Morgan fingerprint density at radius 3 is 2.52 bits per heavy atom. The van der Waals surface area contributed by atoms with E-state index in [4.69, 9.17) is 9.47 Å².